The zero-order chi connectivity index (χ0) is 15.4. The van der Waals surface area contributed by atoms with Crippen LogP contribution in [0.2, 0.25) is 0 Å². The van der Waals surface area contributed by atoms with Gasteiger partial charge in [-0.15, -0.1) is 0 Å². The molecule has 1 saturated heterocycles. The summed E-state index contributed by atoms with van der Waals surface area (Å²) in [4.78, 5) is 2.17. The van der Waals surface area contributed by atoms with Crippen LogP contribution in [0.25, 0.3) is 0 Å². The van der Waals surface area contributed by atoms with Crippen molar-refractivity contribution in [3.63, 3.8) is 0 Å². The highest BCUT2D eigenvalue weighted by molar-refractivity contribution is 8.01. The molecule has 2 unspecified atom stereocenters. The van der Waals surface area contributed by atoms with Crippen molar-refractivity contribution in [1.82, 2.24) is 10.2 Å². The summed E-state index contributed by atoms with van der Waals surface area (Å²) in [5.41, 5.74) is 0.193. The molecule has 0 bridgehead atoms. The van der Waals surface area contributed by atoms with E-state index in [0.29, 0.717) is 6.04 Å². The molecule has 0 radical (unpaired) electrons. The Balaban J connectivity index is 2.68. The van der Waals surface area contributed by atoms with Crippen molar-refractivity contribution in [3.8, 4) is 0 Å². The Morgan fingerprint density at radius 2 is 2.05 bits per heavy atom. The Morgan fingerprint density at radius 1 is 1.40 bits per heavy atom. The van der Waals surface area contributed by atoms with Crippen LogP contribution in [-0.4, -0.2) is 62.1 Å². The van der Waals surface area contributed by atoms with E-state index in [9.17, 15) is 8.42 Å². The first-order valence-corrected chi connectivity index (χ1v) is 10.3. The summed E-state index contributed by atoms with van der Waals surface area (Å²) in [6.07, 6.45) is 0.987. The first kappa shape index (κ1) is 18.3. The zero-order valence-corrected chi connectivity index (χ0v) is 15.1. The lowest BCUT2D eigenvalue weighted by Gasteiger charge is -2.37. The fourth-order valence-electron chi connectivity index (χ4n) is 2.70. The van der Waals surface area contributed by atoms with Gasteiger partial charge in [0.2, 0.25) is 0 Å². The number of sulfone groups is 1. The summed E-state index contributed by atoms with van der Waals surface area (Å²) < 4.78 is 24.4. The van der Waals surface area contributed by atoms with Crippen LogP contribution in [0.4, 0.5) is 0 Å². The fourth-order valence-corrected chi connectivity index (χ4v) is 5.81. The van der Waals surface area contributed by atoms with E-state index in [1.165, 1.54) is 0 Å². The van der Waals surface area contributed by atoms with E-state index in [1.807, 2.05) is 7.05 Å². The molecule has 0 aliphatic carbocycles. The lowest BCUT2D eigenvalue weighted by atomic mass is 9.85. The van der Waals surface area contributed by atoms with Gasteiger partial charge in [-0.2, -0.15) is 11.8 Å². The lowest BCUT2D eigenvalue weighted by Crippen LogP contribution is -2.50. The van der Waals surface area contributed by atoms with Crippen molar-refractivity contribution in [1.29, 1.82) is 0 Å². The molecular weight excluding hydrogens is 292 g/mol. The van der Waals surface area contributed by atoms with Gasteiger partial charge in [0.1, 0.15) is 5.37 Å². The van der Waals surface area contributed by atoms with E-state index >= 15 is 0 Å². The normalized spacial score (nSPS) is 23.8. The highest BCUT2D eigenvalue weighted by Crippen LogP contribution is 2.25. The molecule has 120 valence electrons. The van der Waals surface area contributed by atoms with E-state index in [2.05, 4.69) is 31.0 Å². The average molecular weight is 323 g/mol. The predicted molar refractivity (Wildman–Crippen MR) is 89.1 cm³/mol. The molecule has 1 heterocycles. The molecule has 0 spiro atoms. The maximum Gasteiger partial charge on any atom is 0.166 e. The Hall–Kier alpha value is 0.220. The molecule has 1 aliphatic heterocycles. The van der Waals surface area contributed by atoms with Gasteiger partial charge in [-0.05, 0) is 18.9 Å². The standard InChI is InChI=1S/C14H30N2O2S2/c1-6-20(17,18)13-11-19-10-9-16(13)8-7-12(15-5)14(2,3)4/h12-13,15H,6-11H2,1-5H3. The van der Waals surface area contributed by atoms with Crippen LogP contribution < -0.4 is 5.32 Å². The molecule has 0 aromatic carbocycles. The summed E-state index contributed by atoms with van der Waals surface area (Å²) in [6, 6.07) is 0.405. The number of hydrogen-bond donors (Lipinski definition) is 1. The first-order chi connectivity index (χ1) is 9.22. The van der Waals surface area contributed by atoms with E-state index in [-0.39, 0.29) is 16.5 Å². The molecule has 1 aliphatic rings. The van der Waals surface area contributed by atoms with Crippen LogP contribution in [0, 0.1) is 5.41 Å². The lowest BCUT2D eigenvalue weighted by molar-refractivity contribution is 0.208. The molecule has 0 saturated carbocycles. The van der Waals surface area contributed by atoms with E-state index in [1.54, 1.807) is 18.7 Å². The Bertz CT molecular complexity index is 390. The first-order valence-electron chi connectivity index (χ1n) is 7.43. The maximum atomic E-state index is 12.2. The number of thioether (sulfide) groups is 1. The van der Waals surface area contributed by atoms with Crippen molar-refractivity contribution in [2.45, 2.75) is 45.5 Å². The second-order valence-corrected chi connectivity index (χ2v) is 10.1. The van der Waals surface area contributed by atoms with Gasteiger partial charge >= 0.3 is 0 Å². The molecule has 2 atom stereocenters. The van der Waals surface area contributed by atoms with Crippen molar-refractivity contribution >= 4 is 21.6 Å². The van der Waals surface area contributed by atoms with Gasteiger partial charge in [0.05, 0.1) is 0 Å². The minimum absolute atomic E-state index is 0.193. The van der Waals surface area contributed by atoms with Gasteiger partial charge in [-0.1, -0.05) is 27.7 Å². The number of nitrogens with one attached hydrogen (secondary N) is 1. The Labute approximate surface area is 129 Å². The maximum absolute atomic E-state index is 12.2. The number of nitrogens with zero attached hydrogens (tertiary/aromatic N) is 1. The minimum Gasteiger partial charge on any atom is -0.316 e. The fraction of sp³-hybridized carbons (Fsp3) is 1.00. The topological polar surface area (TPSA) is 49.4 Å². The van der Waals surface area contributed by atoms with E-state index < -0.39 is 9.84 Å². The van der Waals surface area contributed by atoms with Crippen molar-refractivity contribution in [3.05, 3.63) is 0 Å². The monoisotopic (exact) mass is 322 g/mol. The zero-order valence-electron chi connectivity index (χ0n) is 13.5. The average Bonchev–Trinajstić information content (AvgIpc) is 2.38. The molecule has 1 rings (SSSR count). The van der Waals surface area contributed by atoms with Gasteiger partial charge in [0.15, 0.2) is 9.84 Å². The van der Waals surface area contributed by atoms with Crippen molar-refractivity contribution < 1.29 is 8.42 Å². The summed E-state index contributed by atoms with van der Waals surface area (Å²) in [5.74, 6) is 1.99. The second kappa shape index (κ2) is 7.47. The molecular formula is C14H30N2O2S2. The number of hydrogen-bond acceptors (Lipinski definition) is 5. The molecule has 4 nitrogen and oxygen atoms in total. The van der Waals surface area contributed by atoms with Crippen LogP contribution in [0.15, 0.2) is 0 Å². The second-order valence-electron chi connectivity index (χ2n) is 6.51. The third-order valence-electron chi connectivity index (χ3n) is 4.11. The van der Waals surface area contributed by atoms with Gasteiger partial charge < -0.3 is 5.32 Å². The van der Waals surface area contributed by atoms with Crippen molar-refractivity contribution in [2.24, 2.45) is 5.41 Å². The third kappa shape index (κ3) is 4.90. The van der Waals surface area contributed by atoms with Crippen LogP contribution >= 0.6 is 11.8 Å². The third-order valence-corrected chi connectivity index (χ3v) is 7.44. The smallest absolute Gasteiger partial charge is 0.166 e. The molecule has 1 fully saturated rings. The summed E-state index contributed by atoms with van der Waals surface area (Å²) in [7, 11) is -0.987. The van der Waals surface area contributed by atoms with Crippen LogP contribution in [0.5, 0.6) is 0 Å². The largest absolute Gasteiger partial charge is 0.316 e. The molecule has 1 N–H and O–H groups in total. The SMILES string of the molecule is CCS(=O)(=O)C1CSCCN1CCC(NC)C(C)(C)C. The molecule has 0 amide bonds. The Morgan fingerprint density at radius 3 is 2.55 bits per heavy atom. The highest BCUT2D eigenvalue weighted by Gasteiger charge is 2.33. The van der Waals surface area contributed by atoms with Crippen LogP contribution in [-0.2, 0) is 9.84 Å². The van der Waals surface area contributed by atoms with E-state index in [4.69, 9.17) is 0 Å². The quantitative estimate of drug-likeness (QED) is 0.808. The molecule has 0 aromatic rings. The summed E-state index contributed by atoms with van der Waals surface area (Å²) in [5, 5.41) is 3.08. The molecule has 6 heteroatoms. The molecule has 0 aromatic heterocycles. The van der Waals surface area contributed by atoms with Crippen molar-refractivity contribution in [2.75, 3.05) is 37.4 Å². The highest BCUT2D eigenvalue weighted by atomic mass is 32.2. The Kier molecular flexibility index (Phi) is 6.83. The van der Waals surface area contributed by atoms with Gasteiger partial charge in [0, 0.05) is 36.4 Å². The van der Waals surface area contributed by atoms with Crippen LogP contribution in [0.3, 0.4) is 0 Å². The van der Waals surface area contributed by atoms with E-state index in [0.717, 1.165) is 31.0 Å². The number of rotatable bonds is 6. The summed E-state index contributed by atoms with van der Waals surface area (Å²) >= 11 is 1.76. The molecule has 20 heavy (non-hydrogen) atoms. The van der Waals surface area contributed by atoms with Gasteiger partial charge in [0.25, 0.3) is 0 Å². The predicted octanol–water partition coefficient (Wildman–Crippen LogP) is 1.82. The minimum atomic E-state index is -2.98. The summed E-state index contributed by atoms with van der Waals surface area (Å²) in [6.45, 7) is 10.2. The van der Waals surface area contributed by atoms with Gasteiger partial charge in [-0.25, -0.2) is 8.42 Å². The van der Waals surface area contributed by atoms with Crippen LogP contribution in [0.1, 0.15) is 34.1 Å². The van der Waals surface area contributed by atoms with Gasteiger partial charge in [-0.3, -0.25) is 4.90 Å².